The van der Waals surface area contributed by atoms with Gasteiger partial charge in [0.1, 0.15) is 5.69 Å². The van der Waals surface area contributed by atoms with Crippen molar-refractivity contribution in [2.45, 2.75) is 0 Å². The summed E-state index contributed by atoms with van der Waals surface area (Å²) in [7, 11) is 0. The number of hydrogen-bond acceptors (Lipinski definition) is 1. The summed E-state index contributed by atoms with van der Waals surface area (Å²) in [5.74, 6) is -0.0973. The fourth-order valence-corrected chi connectivity index (χ4v) is 2.44. The predicted octanol–water partition coefficient (Wildman–Crippen LogP) is 3.52. The van der Waals surface area contributed by atoms with Gasteiger partial charge in [-0.15, -0.1) is 6.58 Å². The maximum Gasteiger partial charge on any atom is 0.269 e. The summed E-state index contributed by atoms with van der Waals surface area (Å²) in [5.41, 5.74) is 3.62. The molecule has 1 aromatic carbocycles. The molecule has 1 N–H and O–H groups in total. The molecule has 0 unspecified atom stereocenters. The average molecular weight is 276 g/mol. The van der Waals surface area contributed by atoms with E-state index in [1.165, 1.54) is 0 Å². The van der Waals surface area contributed by atoms with Crippen molar-refractivity contribution in [1.29, 1.82) is 0 Å². The second kappa shape index (κ2) is 5.67. The van der Waals surface area contributed by atoms with Gasteiger partial charge >= 0.3 is 0 Å². The topological polar surface area (TPSA) is 33.5 Å². The molecule has 2 heterocycles. The normalized spacial score (nSPS) is 10.5. The first-order valence-electron chi connectivity index (χ1n) is 6.86. The van der Waals surface area contributed by atoms with E-state index in [0.29, 0.717) is 12.2 Å². The molecule has 0 aliphatic carbocycles. The first kappa shape index (κ1) is 13.2. The third-order valence-electron chi connectivity index (χ3n) is 3.39. The zero-order valence-corrected chi connectivity index (χ0v) is 11.6. The number of rotatable bonds is 4. The van der Waals surface area contributed by atoms with Crippen molar-refractivity contribution in [3.05, 3.63) is 79.1 Å². The minimum absolute atomic E-state index is 0.0973. The molecule has 104 valence electrons. The first-order valence-corrected chi connectivity index (χ1v) is 6.86. The fourth-order valence-electron chi connectivity index (χ4n) is 2.44. The Morgan fingerprint density at radius 3 is 2.67 bits per heavy atom. The van der Waals surface area contributed by atoms with E-state index in [4.69, 9.17) is 0 Å². The summed E-state index contributed by atoms with van der Waals surface area (Å²) in [6.45, 7) is 4.09. The Labute approximate surface area is 123 Å². The number of nitrogens with zero attached hydrogens (tertiary/aromatic N) is 1. The van der Waals surface area contributed by atoms with Crippen LogP contribution in [-0.2, 0) is 0 Å². The minimum Gasteiger partial charge on any atom is -0.347 e. The van der Waals surface area contributed by atoms with E-state index in [1.54, 1.807) is 6.08 Å². The molecule has 3 nitrogen and oxygen atoms in total. The van der Waals surface area contributed by atoms with Crippen LogP contribution in [0, 0.1) is 0 Å². The van der Waals surface area contributed by atoms with Crippen molar-refractivity contribution >= 4 is 11.4 Å². The Kier molecular flexibility index (Phi) is 3.56. The Morgan fingerprint density at radius 2 is 1.90 bits per heavy atom. The van der Waals surface area contributed by atoms with Crippen molar-refractivity contribution < 1.29 is 4.79 Å². The molecule has 1 amide bonds. The van der Waals surface area contributed by atoms with Crippen molar-refractivity contribution in [1.82, 2.24) is 9.72 Å². The van der Waals surface area contributed by atoms with Gasteiger partial charge in [-0.2, -0.15) is 0 Å². The van der Waals surface area contributed by atoms with Gasteiger partial charge in [0, 0.05) is 23.8 Å². The number of carbonyl (C=O) groups excluding carboxylic acids is 1. The maximum atomic E-state index is 12.5. The molecule has 0 aliphatic heterocycles. The third-order valence-corrected chi connectivity index (χ3v) is 3.39. The first-order chi connectivity index (χ1) is 10.3. The molecule has 3 aromatic rings. The SMILES string of the molecule is C=CCNC(=O)c1c(-c2ccccc2)cc2ccccn12. The van der Waals surface area contributed by atoms with E-state index >= 15 is 0 Å². The number of aromatic nitrogens is 1. The van der Waals surface area contributed by atoms with Crippen LogP contribution in [0.3, 0.4) is 0 Å². The summed E-state index contributed by atoms with van der Waals surface area (Å²) in [4.78, 5) is 12.5. The largest absolute Gasteiger partial charge is 0.347 e. The van der Waals surface area contributed by atoms with E-state index in [9.17, 15) is 4.79 Å². The van der Waals surface area contributed by atoms with Crippen LogP contribution in [0.15, 0.2) is 73.4 Å². The molecule has 0 saturated carbocycles. The minimum atomic E-state index is -0.0973. The summed E-state index contributed by atoms with van der Waals surface area (Å²) in [6, 6.07) is 17.9. The lowest BCUT2D eigenvalue weighted by atomic mass is 10.1. The summed E-state index contributed by atoms with van der Waals surface area (Å²) >= 11 is 0. The molecule has 3 heteroatoms. The number of pyridine rings is 1. The molecule has 21 heavy (non-hydrogen) atoms. The smallest absolute Gasteiger partial charge is 0.269 e. The van der Waals surface area contributed by atoms with Crippen LogP contribution in [0.5, 0.6) is 0 Å². The maximum absolute atomic E-state index is 12.5. The predicted molar refractivity (Wildman–Crippen MR) is 85.4 cm³/mol. The monoisotopic (exact) mass is 276 g/mol. The van der Waals surface area contributed by atoms with Crippen LogP contribution in [0.25, 0.3) is 16.6 Å². The number of benzene rings is 1. The molecule has 0 fully saturated rings. The highest BCUT2D eigenvalue weighted by molar-refractivity contribution is 6.01. The van der Waals surface area contributed by atoms with Gasteiger partial charge in [0.2, 0.25) is 0 Å². The van der Waals surface area contributed by atoms with E-state index in [0.717, 1.165) is 16.6 Å². The van der Waals surface area contributed by atoms with Crippen molar-refractivity contribution in [3.8, 4) is 11.1 Å². The molecule has 0 aliphatic rings. The molecule has 3 rings (SSSR count). The number of carbonyl (C=O) groups is 1. The number of fused-ring (bicyclic) bond motifs is 1. The van der Waals surface area contributed by atoms with Crippen molar-refractivity contribution in [3.63, 3.8) is 0 Å². The molecule has 0 atom stereocenters. The van der Waals surface area contributed by atoms with Gasteiger partial charge in [-0.3, -0.25) is 4.79 Å². The third kappa shape index (κ3) is 2.46. The lowest BCUT2D eigenvalue weighted by Gasteiger charge is -2.07. The van der Waals surface area contributed by atoms with Gasteiger partial charge in [-0.05, 0) is 23.8 Å². The Hall–Kier alpha value is -2.81. The molecule has 0 radical (unpaired) electrons. The Morgan fingerprint density at radius 1 is 1.14 bits per heavy atom. The molecular weight excluding hydrogens is 260 g/mol. The van der Waals surface area contributed by atoms with Gasteiger partial charge in [0.25, 0.3) is 5.91 Å². The fraction of sp³-hybridized carbons (Fsp3) is 0.0556. The highest BCUT2D eigenvalue weighted by atomic mass is 16.1. The zero-order chi connectivity index (χ0) is 14.7. The van der Waals surface area contributed by atoms with Gasteiger partial charge in [-0.25, -0.2) is 0 Å². The Bertz CT molecular complexity index is 787. The van der Waals surface area contributed by atoms with Crippen LogP contribution in [-0.4, -0.2) is 16.9 Å². The van der Waals surface area contributed by atoms with E-state index in [-0.39, 0.29) is 5.91 Å². The number of nitrogens with one attached hydrogen (secondary N) is 1. The summed E-state index contributed by atoms with van der Waals surface area (Å²) in [5, 5.41) is 2.86. The summed E-state index contributed by atoms with van der Waals surface area (Å²) < 4.78 is 1.92. The highest BCUT2D eigenvalue weighted by Crippen LogP contribution is 2.27. The van der Waals surface area contributed by atoms with E-state index < -0.39 is 0 Å². The molecule has 0 spiro atoms. The molecular formula is C18H16N2O. The van der Waals surface area contributed by atoms with Crippen LogP contribution in [0.1, 0.15) is 10.5 Å². The van der Waals surface area contributed by atoms with Gasteiger partial charge in [0.05, 0.1) is 0 Å². The molecule has 0 bridgehead atoms. The zero-order valence-electron chi connectivity index (χ0n) is 11.6. The number of hydrogen-bond donors (Lipinski definition) is 1. The van der Waals surface area contributed by atoms with Crippen molar-refractivity contribution in [2.24, 2.45) is 0 Å². The van der Waals surface area contributed by atoms with Gasteiger partial charge in [-0.1, -0.05) is 42.5 Å². The highest BCUT2D eigenvalue weighted by Gasteiger charge is 2.17. The van der Waals surface area contributed by atoms with Crippen LogP contribution >= 0.6 is 0 Å². The van der Waals surface area contributed by atoms with Gasteiger partial charge in [0.15, 0.2) is 0 Å². The molecule has 0 saturated heterocycles. The van der Waals surface area contributed by atoms with E-state index in [2.05, 4.69) is 11.9 Å². The second-order valence-electron chi connectivity index (χ2n) is 4.77. The lowest BCUT2D eigenvalue weighted by molar-refractivity contribution is 0.0953. The van der Waals surface area contributed by atoms with Crippen LogP contribution < -0.4 is 5.32 Å². The number of amides is 1. The average Bonchev–Trinajstić information content (AvgIpc) is 2.93. The second-order valence-corrected chi connectivity index (χ2v) is 4.77. The Balaban J connectivity index is 2.19. The van der Waals surface area contributed by atoms with E-state index in [1.807, 2.05) is 65.2 Å². The molecule has 2 aromatic heterocycles. The van der Waals surface area contributed by atoms with Crippen LogP contribution in [0.2, 0.25) is 0 Å². The lowest BCUT2D eigenvalue weighted by Crippen LogP contribution is -2.25. The standard InChI is InChI=1S/C18H16N2O/c1-2-11-19-18(21)17-16(14-8-4-3-5-9-14)13-15-10-6-7-12-20(15)17/h2-10,12-13H,1,11H2,(H,19,21). The van der Waals surface area contributed by atoms with Crippen molar-refractivity contribution in [2.75, 3.05) is 6.54 Å². The summed E-state index contributed by atoms with van der Waals surface area (Å²) in [6.07, 6.45) is 3.58. The van der Waals surface area contributed by atoms with Crippen LogP contribution in [0.4, 0.5) is 0 Å². The van der Waals surface area contributed by atoms with Gasteiger partial charge < -0.3 is 9.72 Å². The quantitative estimate of drug-likeness (QED) is 0.727.